The van der Waals surface area contributed by atoms with Gasteiger partial charge in [0.05, 0.1) is 36.2 Å². The van der Waals surface area contributed by atoms with Crippen molar-refractivity contribution in [3.8, 4) is 0 Å². The Balaban J connectivity index is 1.62. The van der Waals surface area contributed by atoms with E-state index in [0.717, 1.165) is 36.1 Å². The van der Waals surface area contributed by atoms with Crippen molar-refractivity contribution in [2.24, 2.45) is 17.8 Å². The van der Waals surface area contributed by atoms with E-state index >= 15 is 0 Å². The van der Waals surface area contributed by atoms with Crippen LogP contribution in [0.4, 0.5) is 5.00 Å². The van der Waals surface area contributed by atoms with Gasteiger partial charge >= 0.3 is 11.9 Å². The van der Waals surface area contributed by atoms with E-state index in [1.807, 2.05) is 0 Å². The number of hydrogen-bond donors (Lipinski definition) is 2. The van der Waals surface area contributed by atoms with Gasteiger partial charge in [-0.25, -0.2) is 4.79 Å². The van der Waals surface area contributed by atoms with Crippen LogP contribution in [0.2, 0.25) is 0 Å². The maximum absolute atomic E-state index is 13.1. The molecule has 5 atom stereocenters. The molecule has 4 rings (SSSR count). The number of fused-ring (bicyclic) bond motifs is 3. The molecule has 3 aliphatic rings. The van der Waals surface area contributed by atoms with Crippen molar-refractivity contribution in [2.75, 3.05) is 11.9 Å². The number of carboxylic acids is 1. The molecule has 1 aromatic rings. The van der Waals surface area contributed by atoms with Crippen molar-refractivity contribution in [3.63, 3.8) is 0 Å². The molecule has 2 saturated heterocycles. The second kappa shape index (κ2) is 8.07. The number of nitrogens with one attached hydrogen (secondary N) is 1. The number of esters is 1. The average Bonchev–Trinajstić information content (AvgIpc) is 3.39. The smallest absolute Gasteiger partial charge is 0.341 e. The van der Waals surface area contributed by atoms with Gasteiger partial charge < -0.3 is 19.9 Å². The average molecular weight is 422 g/mol. The zero-order valence-electron chi connectivity index (χ0n) is 16.7. The predicted molar refractivity (Wildman–Crippen MR) is 107 cm³/mol. The summed E-state index contributed by atoms with van der Waals surface area (Å²) in [5.74, 6) is -2.79. The van der Waals surface area contributed by atoms with Gasteiger partial charge in [-0.1, -0.05) is 13.3 Å². The standard InChI is InChI=1S/C21H27NO6S/c1-3-10-5-6-11-14(9-10)29-19(15(11)21(26)27-4-2)22-18(23)16-12-7-8-13(28-12)17(16)20(24)25/h10,12-13,16-17H,3-9H2,1-2H3,(H,22,23)(H,24,25)/t10-,12+,13+,16+,17+/m1/s1. The molecule has 1 amide bonds. The third-order valence-corrected chi connectivity index (χ3v) is 7.69. The molecular formula is C21H27NO6S. The van der Waals surface area contributed by atoms with Gasteiger partial charge in [0.25, 0.3) is 0 Å². The van der Waals surface area contributed by atoms with E-state index in [0.29, 0.717) is 29.3 Å². The molecule has 7 nitrogen and oxygen atoms in total. The van der Waals surface area contributed by atoms with Crippen LogP contribution in [0.15, 0.2) is 0 Å². The Kier molecular flexibility index (Phi) is 5.66. The van der Waals surface area contributed by atoms with Gasteiger partial charge in [-0.05, 0) is 50.5 Å². The summed E-state index contributed by atoms with van der Waals surface area (Å²) in [5.41, 5.74) is 1.43. The van der Waals surface area contributed by atoms with Gasteiger partial charge in [0.2, 0.25) is 5.91 Å². The van der Waals surface area contributed by atoms with Gasteiger partial charge in [0.1, 0.15) is 5.00 Å². The first-order valence-electron chi connectivity index (χ1n) is 10.4. The topological polar surface area (TPSA) is 102 Å². The van der Waals surface area contributed by atoms with Gasteiger partial charge in [0.15, 0.2) is 0 Å². The number of carbonyl (C=O) groups excluding carboxylic acids is 2. The van der Waals surface area contributed by atoms with E-state index in [-0.39, 0.29) is 18.6 Å². The lowest BCUT2D eigenvalue weighted by atomic mass is 9.78. The van der Waals surface area contributed by atoms with Gasteiger partial charge in [0, 0.05) is 4.88 Å². The van der Waals surface area contributed by atoms with Gasteiger partial charge in [-0.15, -0.1) is 11.3 Å². The Hall–Kier alpha value is -1.93. The van der Waals surface area contributed by atoms with Crippen LogP contribution < -0.4 is 5.32 Å². The summed E-state index contributed by atoms with van der Waals surface area (Å²) >= 11 is 1.43. The van der Waals surface area contributed by atoms with Gasteiger partial charge in [-0.3, -0.25) is 9.59 Å². The van der Waals surface area contributed by atoms with Crippen LogP contribution >= 0.6 is 11.3 Å². The highest BCUT2D eigenvalue weighted by Crippen LogP contribution is 2.45. The highest BCUT2D eigenvalue weighted by atomic mass is 32.1. The molecule has 2 fully saturated rings. The van der Waals surface area contributed by atoms with Crippen LogP contribution in [0.1, 0.15) is 60.3 Å². The summed E-state index contributed by atoms with van der Waals surface area (Å²) in [6.45, 7) is 4.18. The Morgan fingerprint density at radius 3 is 2.55 bits per heavy atom. The molecule has 158 valence electrons. The summed E-state index contributed by atoms with van der Waals surface area (Å²) in [5, 5.41) is 13.0. The van der Waals surface area contributed by atoms with Crippen LogP contribution in [0.3, 0.4) is 0 Å². The molecule has 8 heteroatoms. The summed E-state index contributed by atoms with van der Waals surface area (Å²) in [7, 11) is 0. The van der Waals surface area contributed by atoms with E-state index in [9.17, 15) is 19.5 Å². The fourth-order valence-electron chi connectivity index (χ4n) is 5.03. The van der Waals surface area contributed by atoms with Crippen molar-refractivity contribution in [1.82, 2.24) is 0 Å². The van der Waals surface area contributed by atoms with Crippen LogP contribution in [0.5, 0.6) is 0 Å². The highest BCUT2D eigenvalue weighted by molar-refractivity contribution is 7.17. The molecule has 1 aromatic heterocycles. The number of amides is 1. The van der Waals surface area contributed by atoms with Crippen molar-refractivity contribution in [3.05, 3.63) is 16.0 Å². The molecule has 0 radical (unpaired) electrons. The molecule has 2 bridgehead atoms. The fourth-order valence-corrected chi connectivity index (χ4v) is 6.38. The fraction of sp³-hybridized carbons (Fsp3) is 0.667. The molecular weight excluding hydrogens is 394 g/mol. The second-order valence-corrected chi connectivity index (χ2v) is 9.22. The Bertz CT molecular complexity index is 833. The van der Waals surface area contributed by atoms with E-state index < -0.39 is 29.9 Å². The quantitative estimate of drug-likeness (QED) is 0.684. The Morgan fingerprint density at radius 2 is 1.90 bits per heavy atom. The predicted octanol–water partition coefficient (Wildman–Crippen LogP) is 3.26. The lowest BCUT2D eigenvalue weighted by Gasteiger charge is -2.23. The monoisotopic (exact) mass is 421 g/mol. The van der Waals surface area contributed by atoms with Crippen molar-refractivity contribution in [2.45, 2.75) is 64.6 Å². The van der Waals surface area contributed by atoms with E-state index in [2.05, 4.69) is 12.2 Å². The number of carboxylic acid groups (broad SMARTS) is 1. The first-order valence-corrected chi connectivity index (χ1v) is 11.3. The third kappa shape index (κ3) is 3.57. The molecule has 2 aliphatic heterocycles. The first kappa shape index (κ1) is 20.3. The summed E-state index contributed by atoms with van der Waals surface area (Å²) in [6.07, 6.45) is 4.38. The van der Waals surface area contributed by atoms with Crippen molar-refractivity contribution in [1.29, 1.82) is 0 Å². The molecule has 1 aliphatic carbocycles. The number of aliphatic carboxylic acids is 1. The molecule has 2 N–H and O–H groups in total. The normalized spacial score (nSPS) is 30.1. The molecule has 0 aromatic carbocycles. The van der Waals surface area contributed by atoms with Crippen LogP contribution in [-0.2, 0) is 31.9 Å². The number of thiophene rings is 1. The number of anilines is 1. The summed E-state index contributed by atoms with van der Waals surface area (Å²) in [4.78, 5) is 38.6. The molecule has 3 heterocycles. The molecule has 0 spiro atoms. The maximum Gasteiger partial charge on any atom is 0.341 e. The van der Waals surface area contributed by atoms with E-state index in [1.165, 1.54) is 11.3 Å². The number of carbonyl (C=O) groups is 3. The van der Waals surface area contributed by atoms with Gasteiger partial charge in [-0.2, -0.15) is 0 Å². The summed E-state index contributed by atoms with van der Waals surface area (Å²) in [6, 6.07) is 0. The van der Waals surface area contributed by atoms with Crippen LogP contribution in [-0.4, -0.2) is 41.8 Å². The third-order valence-electron chi connectivity index (χ3n) is 6.52. The lowest BCUT2D eigenvalue weighted by molar-refractivity contribution is -0.147. The van der Waals surface area contributed by atoms with Crippen molar-refractivity contribution < 1.29 is 29.0 Å². The molecule has 0 unspecified atom stereocenters. The maximum atomic E-state index is 13.1. The number of hydrogen-bond acceptors (Lipinski definition) is 6. The Labute approximate surface area is 173 Å². The van der Waals surface area contributed by atoms with Crippen molar-refractivity contribution >= 4 is 34.2 Å². The second-order valence-electron chi connectivity index (χ2n) is 8.11. The van der Waals surface area contributed by atoms with E-state index in [1.54, 1.807) is 6.92 Å². The lowest BCUT2D eigenvalue weighted by Crippen LogP contribution is -2.41. The SMILES string of the molecule is CCOC(=O)c1c(NC(=O)[C@@H]2[C@@H](C(=O)O)[C@@H]3CC[C@@H]2O3)sc2c1CC[C@@H](CC)C2. The largest absolute Gasteiger partial charge is 0.481 e. The minimum atomic E-state index is -1.00. The summed E-state index contributed by atoms with van der Waals surface area (Å²) < 4.78 is 11.0. The zero-order valence-corrected chi connectivity index (χ0v) is 17.5. The van der Waals surface area contributed by atoms with E-state index in [4.69, 9.17) is 9.47 Å². The molecule has 29 heavy (non-hydrogen) atoms. The number of ether oxygens (including phenoxy) is 2. The molecule has 0 saturated carbocycles. The number of rotatable bonds is 6. The first-order chi connectivity index (χ1) is 13.9. The highest BCUT2D eigenvalue weighted by Gasteiger charge is 2.55. The minimum absolute atomic E-state index is 0.260. The zero-order chi connectivity index (χ0) is 20.7. The minimum Gasteiger partial charge on any atom is -0.481 e. The van der Waals surface area contributed by atoms with Crippen LogP contribution in [0.25, 0.3) is 0 Å². The van der Waals surface area contributed by atoms with Crippen LogP contribution in [0, 0.1) is 17.8 Å². The Morgan fingerprint density at radius 1 is 1.17 bits per heavy atom.